The van der Waals surface area contributed by atoms with E-state index in [9.17, 15) is 54.0 Å². The zero-order valence-electron chi connectivity index (χ0n) is 18.5. The van der Waals surface area contributed by atoms with Crippen molar-refractivity contribution in [2.45, 2.75) is 55.1 Å². The predicted octanol–water partition coefficient (Wildman–Crippen LogP) is -6.02. The minimum absolute atomic E-state index is 0.710. The summed E-state index contributed by atoms with van der Waals surface area (Å²) < 4.78 is 47.5. The van der Waals surface area contributed by atoms with E-state index in [-0.39, 0.29) is 0 Å². The fourth-order valence-corrected chi connectivity index (χ4v) is 5.56. The Balaban J connectivity index is 1.56. The molecule has 11 atom stereocenters. The summed E-state index contributed by atoms with van der Waals surface area (Å²) in [5, 5.41) is 58.6. The Morgan fingerprint density at radius 2 is 1.38 bits per heavy atom. The summed E-state index contributed by atoms with van der Waals surface area (Å²) in [6.45, 7) is -2.98. The Morgan fingerprint density at radius 1 is 0.865 bits per heavy atom. The first-order valence-electron chi connectivity index (χ1n) is 10.4. The van der Waals surface area contributed by atoms with Crippen LogP contribution in [0.2, 0.25) is 0 Å². The fourth-order valence-electron chi connectivity index (χ4n) is 3.54. The smallest absolute Gasteiger partial charge is 0.330 e. The second-order valence-corrected chi connectivity index (χ2v) is 11.0. The van der Waals surface area contributed by atoms with E-state index in [1.54, 1.807) is 0 Å². The van der Waals surface area contributed by atoms with Crippen molar-refractivity contribution in [3.63, 3.8) is 0 Å². The molecule has 0 spiro atoms. The number of H-pyrrole nitrogens is 1. The van der Waals surface area contributed by atoms with Gasteiger partial charge in [0, 0.05) is 12.3 Å². The van der Waals surface area contributed by atoms with Crippen molar-refractivity contribution in [1.82, 2.24) is 9.55 Å². The highest BCUT2D eigenvalue weighted by molar-refractivity contribution is 7.59. The number of phosphoric acid groups is 2. The van der Waals surface area contributed by atoms with Gasteiger partial charge < -0.3 is 58.9 Å². The number of aromatic amines is 1. The summed E-state index contributed by atoms with van der Waals surface area (Å²) >= 11 is 0. The standard InChI is InChI=1S/C16H26N2O17P2/c19-3-6-10(21)13(24)11(22)7(33-6)4-31-36(27,28)35-37(29,30)32-5-8-12(23)14(25)15(34-8)18-2-1-9(20)17-16(18)26/h1-2,6-8,10-15,19,21-25H,3-5H2,(H,27,28)(H,29,30)(H,17,20,26)/p-2/t6?,7-,8+,10-,11?,12?,13?,14?,15+/m0/s1. The number of hydrogen-bond acceptors (Lipinski definition) is 17. The van der Waals surface area contributed by atoms with Gasteiger partial charge in [0.05, 0.1) is 19.8 Å². The Labute approximate surface area is 206 Å². The van der Waals surface area contributed by atoms with Crippen LogP contribution in [0.1, 0.15) is 6.23 Å². The van der Waals surface area contributed by atoms with Crippen LogP contribution >= 0.6 is 15.6 Å². The first kappa shape index (κ1) is 30.2. The van der Waals surface area contributed by atoms with Crippen LogP contribution in [-0.2, 0) is 32.0 Å². The van der Waals surface area contributed by atoms with Crippen molar-refractivity contribution in [3.8, 4) is 0 Å². The van der Waals surface area contributed by atoms with E-state index in [4.69, 9.17) is 14.6 Å². The van der Waals surface area contributed by atoms with Gasteiger partial charge in [0.2, 0.25) is 0 Å². The maximum atomic E-state index is 12.0. The van der Waals surface area contributed by atoms with E-state index in [0.717, 1.165) is 12.3 Å². The number of nitrogens with one attached hydrogen (secondary N) is 1. The largest absolute Gasteiger partial charge is 0.756 e. The van der Waals surface area contributed by atoms with E-state index in [1.807, 2.05) is 4.98 Å². The van der Waals surface area contributed by atoms with Crippen LogP contribution < -0.4 is 21.0 Å². The molecule has 0 radical (unpaired) electrons. The lowest BCUT2D eigenvalue weighted by Gasteiger charge is -2.40. The first-order valence-corrected chi connectivity index (χ1v) is 13.3. The van der Waals surface area contributed by atoms with Crippen LogP contribution in [-0.4, -0.2) is 109 Å². The van der Waals surface area contributed by atoms with Crippen molar-refractivity contribution in [2.24, 2.45) is 0 Å². The van der Waals surface area contributed by atoms with Crippen LogP contribution in [0.4, 0.5) is 0 Å². The number of hydrogen-bond donors (Lipinski definition) is 7. The first-order chi connectivity index (χ1) is 17.2. The Hall–Kier alpha value is -1.38. The van der Waals surface area contributed by atoms with Gasteiger partial charge in [0.15, 0.2) is 6.23 Å². The predicted molar refractivity (Wildman–Crippen MR) is 109 cm³/mol. The summed E-state index contributed by atoms with van der Waals surface area (Å²) in [5.74, 6) is 0. The minimum atomic E-state index is -5.72. The van der Waals surface area contributed by atoms with Crippen LogP contribution in [0.5, 0.6) is 0 Å². The topological polar surface area (TPSA) is 303 Å². The van der Waals surface area contributed by atoms with Crippen molar-refractivity contribution in [1.29, 1.82) is 0 Å². The van der Waals surface area contributed by atoms with Gasteiger partial charge in [-0.3, -0.25) is 23.5 Å². The molecule has 21 heteroatoms. The maximum Gasteiger partial charge on any atom is 0.330 e. The monoisotopic (exact) mass is 578 g/mol. The molecule has 0 saturated carbocycles. The summed E-state index contributed by atoms with van der Waals surface area (Å²) in [7, 11) is -11.4. The molecule has 0 amide bonds. The fraction of sp³-hybridized carbons (Fsp3) is 0.750. The summed E-state index contributed by atoms with van der Waals surface area (Å²) in [6, 6.07) is 0.920. The highest BCUT2D eigenvalue weighted by atomic mass is 31.3. The van der Waals surface area contributed by atoms with E-state index in [0.29, 0.717) is 4.57 Å². The molecule has 212 valence electrons. The zero-order chi connectivity index (χ0) is 27.7. The average molecular weight is 578 g/mol. The summed E-state index contributed by atoms with van der Waals surface area (Å²) in [4.78, 5) is 48.9. The molecule has 1 aromatic heterocycles. The molecule has 7 N–H and O–H groups in total. The van der Waals surface area contributed by atoms with Crippen molar-refractivity contribution in [2.75, 3.05) is 19.8 Å². The molecule has 7 unspecified atom stereocenters. The van der Waals surface area contributed by atoms with Gasteiger partial charge in [0.1, 0.15) is 48.8 Å². The average Bonchev–Trinajstić information content (AvgIpc) is 3.09. The molecule has 3 rings (SSSR count). The number of aliphatic hydroxyl groups is 6. The van der Waals surface area contributed by atoms with Crippen LogP contribution in [0.15, 0.2) is 21.9 Å². The quantitative estimate of drug-likeness (QED) is 0.127. The van der Waals surface area contributed by atoms with E-state index in [1.165, 1.54) is 0 Å². The lowest BCUT2D eigenvalue weighted by Crippen LogP contribution is -2.59. The SMILES string of the molecule is O=c1ccn([C@@H]2O[C@H](COP(=O)([O-])OP(=O)([O-])OC[C@@H]3OC(CO)[C@H](O)C(O)C3O)C(O)C2O)c(=O)[nH]1. The third-order valence-corrected chi connectivity index (χ3v) is 7.98. The molecule has 2 aliphatic rings. The highest BCUT2D eigenvalue weighted by Gasteiger charge is 2.45. The molecule has 2 saturated heterocycles. The van der Waals surface area contributed by atoms with Crippen molar-refractivity contribution < 1.29 is 72.4 Å². The lowest BCUT2D eigenvalue weighted by molar-refractivity contribution is -0.256. The second-order valence-electron chi connectivity index (χ2n) is 8.00. The lowest BCUT2D eigenvalue weighted by atomic mass is 9.95. The molecule has 0 bridgehead atoms. The van der Waals surface area contributed by atoms with Crippen LogP contribution in [0, 0.1) is 0 Å². The molecule has 37 heavy (non-hydrogen) atoms. The number of aliphatic hydroxyl groups excluding tert-OH is 6. The molecule has 19 nitrogen and oxygen atoms in total. The van der Waals surface area contributed by atoms with E-state index >= 15 is 0 Å². The number of rotatable bonds is 10. The van der Waals surface area contributed by atoms with Gasteiger partial charge in [-0.2, -0.15) is 0 Å². The van der Waals surface area contributed by atoms with Crippen LogP contribution in [0.3, 0.4) is 0 Å². The Morgan fingerprint density at radius 3 is 1.92 bits per heavy atom. The van der Waals surface area contributed by atoms with Gasteiger partial charge in [-0.1, -0.05) is 0 Å². The van der Waals surface area contributed by atoms with Crippen molar-refractivity contribution >= 4 is 15.6 Å². The third kappa shape index (κ3) is 7.18. The molecule has 0 aliphatic carbocycles. The molecule has 1 aromatic rings. The number of ether oxygens (including phenoxy) is 2. The Kier molecular flexibility index (Phi) is 9.61. The second kappa shape index (κ2) is 11.8. The number of nitrogens with zero attached hydrogens (tertiary/aromatic N) is 1. The molecule has 0 aromatic carbocycles. The molecular weight excluding hydrogens is 554 g/mol. The summed E-state index contributed by atoms with van der Waals surface area (Å²) in [5.41, 5.74) is -1.76. The molecule has 3 heterocycles. The van der Waals surface area contributed by atoms with E-state index < -0.39 is 102 Å². The summed E-state index contributed by atoms with van der Waals surface area (Å²) in [6.07, 6.45) is -14.3. The normalized spacial score (nSPS) is 37.7. The number of aromatic nitrogens is 2. The third-order valence-electron chi connectivity index (χ3n) is 5.45. The van der Waals surface area contributed by atoms with Gasteiger partial charge in [-0.15, -0.1) is 0 Å². The van der Waals surface area contributed by atoms with Gasteiger partial charge in [0.25, 0.3) is 21.2 Å². The van der Waals surface area contributed by atoms with Gasteiger partial charge in [-0.25, -0.2) is 9.11 Å². The van der Waals surface area contributed by atoms with Crippen LogP contribution in [0.25, 0.3) is 0 Å². The maximum absolute atomic E-state index is 12.0. The number of phosphoric ester groups is 2. The zero-order valence-corrected chi connectivity index (χ0v) is 20.3. The Bertz CT molecular complexity index is 1140. The molecular formula is C16H24N2O17P2-2. The van der Waals surface area contributed by atoms with Gasteiger partial charge >= 0.3 is 5.69 Å². The van der Waals surface area contributed by atoms with Gasteiger partial charge in [-0.05, 0) is 0 Å². The minimum Gasteiger partial charge on any atom is -0.756 e. The molecule has 2 fully saturated rings. The molecule has 2 aliphatic heterocycles. The highest BCUT2D eigenvalue weighted by Crippen LogP contribution is 2.56. The van der Waals surface area contributed by atoms with E-state index in [2.05, 4.69) is 13.4 Å². The van der Waals surface area contributed by atoms with Crippen molar-refractivity contribution in [3.05, 3.63) is 33.1 Å².